The van der Waals surface area contributed by atoms with Gasteiger partial charge in [-0.3, -0.25) is 9.59 Å². The lowest BCUT2D eigenvalue weighted by Crippen LogP contribution is -2.73. The van der Waals surface area contributed by atoms with Crippen molar-refractivity contribution in [2.75, 3.05) is 13.1 Å². The van der Waals surface area contributed by atoms with E-state index in [2.05, 4.69) is 50.8 Å². The summed E-state index contributed by atoms with van der Waals surface area (Å²) in [5.41, 5.74) is 15.3. The third-order valence-electron chi connectivity index (χ3n) is 8.94. The molecular formula is C29H37N9O3. The number of aromatic nitrogens is 1. The van der Waals surface area contributed by atoms with Crippen molar-refractivity contribution in [2.24, 2.45) is 21.5 Å². The molecule has 5 atom stereocenters. The predicted molar refractivity (Wildman–Crippen MR) is 154 cm³/mol. The van der Waals surface area contributed by atoms with E-state index in [1.54, 1.807) is 17.0 Å². The van der Waals surface area contributed by atoms with Crippen LogP contribution in [0, 0.1) is 6.92 Å². The van der Waals surface area contributed by atoms with Gasteiger partial charge in [0, 0.05) is 24.3 Å². The molecule has 41 heavy (non-hydrogen) atoms. The van der Waals surface area contributed by atoms with E-state index >= 15 is 0 Å². The second kappa shape index (κ2) is 9.72. The van der Waals surface area contributed by atoms with Crippen molar-refractivity contribution in [2.45, 2.75) is 75.3 Å². The van der Waals surface area contributed by atoms with Crippen molar-refractivity contribution >= 4 is 23.7 Å². The number of aliphatic hydroxyl groups excluding tert-OH is 1. The number of nitrogens with zero attached hydrogens (tertiary/aromatic N) is 4. The van der Waals surface area contributed by atoms with Crippen LogP contribution in [0.5, 0.6) is 0 Å². The molecule has 1 aromatic carbocycles. The molecule has 1 aromatic heterocycles. The van der Waals surface area contributed by atoms with E-state index in [-0.39, 0.29) is 47.9 Å². The Morgan fingerprint density at radius 3 is 2.71 bits per heavy atom. The predicted octanol–water partition coefficient (Wildman–Crippen LogP) is -0.111. The molecule has 4 heterocycles. The first-order valence-corrected chi connectivity index (χ1v) is 14.1. The maximum atomic E-state index is 13.6. The van der Waals surface area contributed by atoms with Crippen molar-refractivity contribution in [3.63, 3.8) is 0 Å². The highest BCUT2D eigenvalue weighted by atomic mass is 16.3. The number of aliphatic hydroxyl groups is 1. The molecule has 2 unspecified atom stereocenters. The molecule has 0 bridgehead atoms. The number of carbonyl (C=O) groups excluding carboxylic acids is 2. The molecule has 6 rings (SSSR count). The quantitative estimate of drug-likeness (QED) is 0.293. The number of hydrogen-bond acceptors (Lipinski definition) is 10. The van der Waals surface area contributed by atoms with Gasteiger partial charge < -0.3 is 37.4 Å². The Morgan fingerprint density at radius 2 is 1.93 bits per heavy atom. The third kappa shape index (κ3) is 4.37. The fraction of sp³-hybridized carbons (Fsp3) is 0.483. The highest BCUT2D eigenvalue weighted by Gasteiger charge is 2.65. The number of benzene rings is 1. The first-order valence-electron chi connectivity index (χ1n) is 14.1. The molecule has 216 valence electrons. The summed E-state index contributed by atoms with van der Waals surface area (Å²) in [6.45, 7) is 6.54. The standard InChI is InChI=1S/C29H37N9O3/c1-15-7-4-11-19(33-15)25(41)32-13-20-22-29(37-26(30)36-22)23(39)21(14-38(29)27(31)35-20)34-24(40)17-8-5-10-18-16(17)9-6-12-28(18,2)3/h4-5,7-8,10-11,20-23,39H,6,9,12-14H2,1-3H3,(H2,31,35)(H,32,41)(H,34,40)(H3,30,36,37)/t20-,21+,22?,23+,29?/m0/s1. The first kappa shape index (κ1) is 27.0. The number of rotatable bonds is 5. The number of carbonyl (C=O) groups is 2. The molecule has 1 aliphatic carbocycles. The molecule has 1 fully saturated rings. The van der Waals surface area contributed by atoms with E-state index in [4.69, 9.17) is 11.5 Å². The normalized spacial score (nSPS) is 29.3. The van der Waals surface area contributed by atoms with Crippen molar-refractivity contribution in [1.29, 1.82) is 0 Å². The second-order valence-corrected chi connectivity index (χ2v) is 12.0. The van der Waals surface area contributed by atoms with E-state index < -0.39 is 29.9 Å². The van der Waals surface area contributed by atoms with Crippen LogP contribution in [0.4, 0.5) is 0 Å². The van der Waals surface area contributed by atoms with Crippen LogP contribution in [0.1, 0.15) is 64.4 Å². The Kier molecular flexibility index (Phi) is 6.40. The minimum absolute atomic E-state index is 0.00302. The number of nitrogens with one attached hydrogen (secondary N) is 3. The van der Waals surface area contributed by atoms with Gasteiger partial charge in [-0.2, -0.15) is 0 Å². The molecule has 1 spiro atoms. The van der Waals surface area contributed by atoms with Gasteiger partial charge in [0.2, 0.25) is 0 Å². The highest BCUT2D eigenvalue weighted by Crippen LogP contribution is 2.41. The summed E-state index contributed by atoms with van der Waals surface area (Å²) in [5, 5.41) is 20.8. The Hall–Kier alpha value is -4.19. The second-order valence-electron chi connectivity index (χ2n) is 12.0. The first-order chi connectivity index (χ1) is 19.5. The van der Waals surface area contributed by atoms with E-state index in [0.29, 0.717) is 5.56 Å². The summed E-state index contributed by atoms with van der Waals surface area (Å²) in [4.78, 5) is 41.6. The Labute approximate surface area is 238 Å². The Balaban J connectivity index is 1.23. The Bertz CT molecular complexity index is 1470. The zero-order valence-corrected chi connectivity index (χ0v) is 23.5. The molecule has 0 saturated carbocycles. The number of aliphatic imine (C=N–C) groups is 2. The number of nitrogens with two attached hydrogens (primary N) is 2. The zero-order chi connectivity index (χ0) is 29.1. The van der Waals surface area contributed by atoms with Crippen molar-refractivity contribution in [3.05, 3.63) is 64.5 Å². The van der Waals surface area contributed by atoms with Crippen LogP contribution >= 0.6 is 0 Å². The molecule has 2 amide bonds. The molecule has 4 aliphatic rings. The maximum Gasteiger partial charge on any atom is 0.269 e. The topological polar surface area (TPSA) is 183 Å². The van der Waals surface area contributed by atoms with Gasteiger partial charge in [-0.05, 0) is 60.9 Å². The van der Waals surface area contributed by atoms with E-state index in [9.17, 15) is 14.7 Å². The highest BCUT2D eigenvalue weighted by molar-refractivity contribution is 5.97. The van der Waals surface area contributed by atoms with Crippen LogP contribution in [0.25, 0.3) is 0 Å². The van der Waals surface area contributed by atoms with Gasteiger partial charge in [-0.1, -0.05) is 32.0 Å². The minimum Gasteiger partial charge on any atom is -0.386 e. The van der Waals surface area contributed by atoms with Gasteiger partial charge in [0.15, 0.2) is 17.6 Å². The van der Waals surface area contributed by atoms with Crippen molar-refractivity contribution in [1.82, 2.24) is 25.8 Å². The van der Waals surface area contributed by atoms with Crippen molar-refractivity contribution in [3.8, 4) is 0 Å². The largest absolute Gasteiger partial charge is 0.386 e. The smallest absolute Gasteiger partial charge is 0.269 e. The van der Waals surface area contributed by atoms with E-state index in [1.807, 2.05) is 25.1 Å². The van der Waals surface area contributed by atoms with Gasteiger partial charge >= 0.3 is 0 Å². The zero-order valence-electron chi connectivity index (χ0n) is 23.5. The molecule has 1 saturated heterocycles. The summed E-state index contributed by atoms with van der Waals surface area (Å²) < 4.78 is 0. The third-order valence-corrected chi connectivity index (χ3v) is 8.94. The molecule has 12 nitrogen and oxygen atoms in total. The molecule has 2 aromatic rings. The maximum absolute atomic E-state index is 13.6. The van der Waals surface area contributed by atoms with Gasteiger partial charge in [-0.15, -0.1) is 0 Å². The summed E-state index contributed by atoms with van der Waals surface area (Å²) in [5.74, 6) is -0.296. The van der Waals surface area contributed by atoms with Crippen LogP contribution in [-0.4, -0.2) is 81.7 Å². The molecule has 0 radical (unpaired) electrons. The Morgan fingerprint density at radius 1 is 1.15 bits per heavy atom. The van der Waals surface area contributed by atoms with Crippen LogP contribution in [0.15, 0.2) is 46.4 Å². The molecule has 12 heteroatoms. The average Bonchev–Trinajstić information content (AvgIpc) is 3.43. The molecular weight excluding hydrogens is 522 g/mol. The monoisotopic (exact) mass is 559 g/mol. The number of guanidine groups is 2. The molecule has 3 aliphatic heterocycles. The lowest BCUT2D eigenvalue weighted by molar-refractivity contribution is 0.0144. The van der Waals surface area contributed by atoms with E-state index in [0.717, 1.165) is 30.5 Å². The van der Waals surface area contributed by atoms with Crippen LogP contribution in [-0.2, 0) is 11.8 Å². The van der Waals surface area contributed by atoms with E-state index in [1.165, 1.54) is 5.56 Å². The number of fused-ring (bicyclic) bond motifs is 1. The van der Waals surface area contributed by atoms with Crippen LogP contribution in [0.2, 0.25) is 0 Å². The van der Waals surface area contributed by atoms with Crippen LogP contribution in [0.3, 0.4) is 0 Å². The number of pyridine rings is 1. The van der Waals surface area contributed by atoms with Gasteiger partial charge in [0.1, 0.15) is 17.8 Å². The van der Waals surface area contributed by atoms with Crippen LogP contribution < -0.4 is 27.4 Å². The number of aryl methyl sites for hydroxylation is 1. The summed E-state index contributed by atoms with van der Waals surface area (Å²) in [7, 11) is 0. The fourth-order valence-electron chi connectivity index (χ4n) is 6.95. The fourth-order valence-corrected chi connectivity index (χ4v) is 6.95. The van der Waals surface area contributed by atoms with Gasteiger partial charge in [-0.25, -0.2) is 15.0 Å². The summed E-state index contributed by atoms with van der Waals surface area (Å²) in [6.07, 6.45) is 1.80. The number of hydrogen-bond donors (Lipinski definition) is 6. The average molecular weight is 560 g/mol. The van der Waals surface area contributed by atoms with Crippen molar-refractivity contribution < 1.29 is 14.7 Å². The molecule has 8 N–H and O–H groups in total. The minimum atomic E-state index is -1.22. The number of amides is 2. The van der Waals surface area contributed by atoms with Gasteiger partial charge in [0.25, 0.3) is 11.8 Å². The SMILES string of the molecule is Cc1cccc(C(=O)NC[C@@H]2N=C(N)N3C[C@@H](NC(=O)c4cccc5c4CCCC5(C)C)[C@@H](O)C34NC(N)=NC24)n1. The van der Waals surface area contributed by atoms with Gasteiger partial charge in [0.05, 0.1) is 12.1 Å². The summed E-state index contributed by atoms with van der Waals surface area (Å²) in [6, 6.07) is 9.14. The lowest BCUT2D eigenvalue weighted by atomic mass is 9.71. The lowest BCUT2D eigenvalue weighted by Gasteiger charge is -2.46. The summed E-state index contributed by atoms with van der Waals surface area (Å²) >= 11 is 0.